The fourth-order valence-electron chi connectivity index (χ4n) is 1.20. The van der Waals surface area contributed by atoms with Crippen molar-refractivity contribution in [1.82, 2.24) is 0 Å². The first-order chi connectivity index (χ1) is 4.84. The van der Waals surface area contributed by atoms with Crippen molar-refractivity contribution in [1.29, 1.82) is 0 Å². The Hall–Kier alpha value is -0.340. The average Bonchev–Trinajstić information content (AvgIpc) is 2.31. The predicted molar refractivity (Wildman–Crippen MR) is 41.8 cm³/mol. The number of hydrogen-bond acceptors (Lipinski definition) is 2. The summed E-state index contributed by atoms with van der Waals surface area (Å²) in [6.45, 7) is 3.73. The zero-order valence-corrected chi connectivity index (χ0v) is 6.47. The highest BCUT2D eigenvalue weighted by molar-refractivity contribution is 5.10. The molecule has 0 aromatic rings. The lowest BCUT2D eigenvalue weighted by molar-refractivity contribution is 0.137. The first-order valence-corrected chi connectivity index (χ1v) is 3.85. The van der Waals surface area contributed by atoms with Crippen LogP contribution in [0.25, 0.3) is 0 Å². The van der Waals surface area contributed by atoms with Crippen molar-refractivity contribution >= 4 is 0 Å². The lowest BCUT2D eigenvalue weighted by Crippen LogP contribution is -2.01. The molecule has 1 heterocycles. The zero-order chi connectivity index (χ0) is 7.40. The Morgan fingerprint density at radius 1 is 1.80 bits per heavy atom. The van der Waals surface area contributed by atoms with Crippen LogP contribution in [0.5, 0.6) is 0 Å². The van der Waals surface area contributed by atoms with Gasteiger partial charge < -0.3 is 10.5 Å². The fourth-order valence-corrected chi connectivity index (χ4v) is 1.20. The third kappa shape index (κ3) is 1.82. The second kappa shape index (κ2) is 3.74. The lowest BCUT2D eigenvalue weighted by atomic mass is 10.1. The number of hydrogen-bond donors (Lipinski definition) is 1. The Bertz CT molecular complexity index is 131. The standard InChI is InChI=1S/C8H15NO/c1-7-8(3-2-5-9)4-6-10-7/h3,7H,2,4-6,9H2,1H3. The molecule has 10 heavy (non-hydrogen) atoms. The minimum absolute atomic E-state index is 0.339. The van der Waals surface area contributed by atoms with E-state index >= 15 is 0 Å². The molecule has 0 aliphatic carbocycles. The number of nitrogens with two attached hydrogens (primary N) is 1. The molecule has 0 saturated carbocycles. The predicted octanol–water partition coefficient (Wildman–Crippen LogP) is 1.07. The molecule has 1 unspecified atom stereocenters. The molecule has 1 saturated heterocycles. The molecular formula is C8H15NO. The maximum absolute atomic E-state index is 5.37. The van der Waals surface area contributed by atoms with Crippen LogP contribution in [0.2, 0.25) is 0 Å². The second-order valence-corrected chi connectivity index (χ2v) is 2.62. The maximum Gasteiger partial charge on any atom is 0.0757 e. The summed E-state index contributed by atoms with van der Waals surface area (Å²) in [4.78, 5) is 0. The Labute approximate surface area is 62.1 Å². The van der Waals surface area contributed by atoms with Crippen molar-refractivity contribution in [2.45, 2.75) is 25.9 Å². The van der Waals surface area contributed by atoms with Gasteiger partial charge in [0.15, 0.2) is 0 Å². The average molecular weight is 141 g/mol. The van der Waals surface area contributed by atoms with Crippen LogP contribution in [0, 0.1) is 0 Å². The van der Waals surface area contributed by atoms with Crippen LogP contribution in [0.4, 0.5) is 0 Å². The van der Waals surface area contributed by atoms with Crippen LogP contribution in [0.15, 0.2) is 11.6 Å². The highest BCUT2D eigenvalue weighted by Crippen LogP contribution is 2.19. The lowest BCUT2D eigenvalue weighted by Gasteiger charge is -2.02. The van der Waals surface area contributed by atoms with Gasteiger partial charge in [-0.05, 0) is 31.9 Å². The van der Waals surface area contributed by atoms with Gasteiger partial charge >= 0.3 is 0 Å². The van der Waals surface area contributed by atoms with Crippen molar-refractivity contribution in [2.24, 2.45) is 5.73 Å². The van der Waals surface area contributed by atoms with Crippen molar-refractivity contribution in [3.63, 3.8) is 0 Å². The van der Waals surface area contributed by atoms with Crippen LogP contribution in [0.1, 0.15) is 19.8 Å². The Morgan fingerprint density at radius 3 is 3.10 bits per heavy atom. The molecule has 0 aromatic heterocycles. The maximum atomic E-state index is 5.37. The molecule has 1 atom stereocenters. The van der Waals surface area contributed by atoms with Gasteiger partial charge in [0.1, 0.15) is 0 Å². The molecule has 1 fully saturated rings. The van der Waals surface area contributed by atoms with Gasteiger partial charge in [0, 0.05) is 0 Å². The van der Waals surface area contributed by atoms with Gasteiger partial charge in [-0.2, -0.15) is 0 Å². The number of rotatable bonds is 2. The molecule has 1 aliphatic rings. The molecular weight excluding hydrogens is 126 g/mol. The van der Waals surface area contributed by atoms with E-state index in [4.69, 9.17) is 10.5 Å². The van der Waals surface area contributed by atoms with Crippen LogP contribution >= 0.6 is 0 Å². The monoisotopic (exact) mass is 141 g/mol. The van der Waals surface area contributed by atoms with Gasteiger partial charge in [-0.1, -0.05) is 6.08 Å². The second-order valence-electron chi connectivity index (χ2n) is 2.62. The van der Waals surface area contributed by atoms with Crippen LogP contribution < -0.4 is 5.73 Å². The minimum atomic E-state index is 0.339. The molecule has 2 heteroatoms. The topological polar surface area (TPSA) is 35.2 Å². The van der Waals surface area contributed by atoms with Crippen LogP contribution in [-0.4, -0.2) is 19.3 Å². The molecule has 2 N–H and O–H groups in total. The van der Waals surface area contributed by atoms with Crippen molar-refractivity contribution in [3.05, 3.63) is 11.6 Å². The first-order valence-electron chi connectivity index (χ1n) is 3.85. The van der Waals surface area contributed by atoms with Crippen molar-refractivity contribution < 1.29 is 4.74 Å². The smallest absolute Gasteiger partial charge is 0.0757 e. The molecule has 0 spiro atoms. The van der Waals surface area contributed by atoms with E-state index in [0.29, 0.717) is 6.10 Å². The summed E-state index contributed by atoms with van der Waals surface area (Å²) in [5.41, 5.74) is 6.79. The van der Waals surface area contributed by atoms with E-state index in [1.54, 1.807) is 0 Å². The number of ether oxygens (including phenoxy) is 1. The molecule has 58 valence electrons. The van der Waals surface area contributed by atoms with E-state index in [0.717, 1.165) is 26.0 Å². The largest absolute Gasteiger partial charge is 0.374 e. The van der Waals surface area contributed by atoms with Crippen molar-refractivity contribution in [3.8, 4) is 0 Å². The summed E-state index contributed by atoms with van der Waals surface area (Å²) in [5.74, 6) is 0. The highest BCUT2D eigenvalue weighted by Gasteiger charge is 2.15. The quantitative estimate of drug-likeness (QED) is 0.584. The SMILES string of the molecule is CC1OCCC1=CCCN. The fraction of sp³-hybridized carbons (Fsp3) is 0.750. The minimum Gasteiger partial charge on any atom is -0.374 e. The third-order valence-corrected chi connectivity index (χ3v) is 1.85. The summed E-state index contributed by atoms with van der Waals surface area (Å²) in [5, 5.41) is 0. The van der Waals surface area contributed by atoms with E-state index in [-0.39, 0.29) is 0 Å². The van der Waals surface area contributed by atoms with Gasteiger partial charge in [0.05, 0.1) is 12.7 Å². The van der Waals surface area contributed by atoms with E-state index < -0.39 is 0 Å². The van der Waals surface area contributed by atoms with Gasteiger partial charge in [0.2, 0.25) is 0 Å². The molecule has 1 rings (SSSR count). The normalized spacial score (nSPS) is 29.8. The highest BCUT2D eigenvalue weighted by atomic mass is 16.5. The van der Waals surface area contributed by atoms with E-state index in [2.05, 4.69) is 13.0 Å². The summed E-state index contributed by atoms with van der Waals surface area (Å²) >= 11 is 0. The Morgan fingerprint density at radius 2 is 2.60 bits per heavy atom. The van der Waals surface area contributed by atoms with E-state index in [9.17, 15) is 0 Å². The van der Waals surface area contributed by atoms with Crippen molar-refractivity contribution in [2.75, 3.05) is 13.2 Å². The summed E-state index contributed by atoms with van der Waals surface area (Å²) in [6.07, 6.45) is 4.63. The molecule has 2 nitrogen and oxygen atoms in total. The molecule has 0 radical (unpaired) electrons. The first kappa shape index (κ1) is 7.76. The third-order valence-electron chi connectivity index (χ3n) is 1.85. The molecule has 0 aromatic carbocycles. The Kier molecular flexibility index (Phi) is 2.90. The van der Waals surface area contributed by atoms with Crippen LogP contribution in [-0.2, 0) is 4.74 Å². The molecule has 1 aliphatic heterocycles. The van der Waals surface area contributed by atoms with Gasteiger partial charge in [0.25, 0.3) is 0 Å². The van der Waals surface area contributed by atoms with E-state index in [1.165, 1.54) is 5.57 Å². The molecule has 0 amide bonds. The summed E-state index contributed by atoms with van der Waals surface area (Å²) in [6, 6.07) is 0. The van der Waals surface area contributed by atoms with E-state index in [1.807, 2.05) is 0 Å². The summed E-state index contributed by atoms with van der Waals surface area (Å²) < 4.78 is 5.35. The van der Waals surface area contributed by atoms with Gasteiger partial charge in [-0.15, -0.1) is 0 Å². The van der Waals surface area contributed by atoms with Gasteiger partial charge in [-0.25, -0.2) is 0 Å². The Balaban J connectivity index is 2.38. The van der Waals surface area contributed by atoms with Gasteiger partial charge in [-0.3, -0.25) is 0 Å². The molecule has 0 bridgehead atoms. The summed E-state index contributed by atoms with van der Waals surface area (Å²) in [7, 11) is 0. The zero-order valence-electron chi connectivity index (χ0n) is 6.47. The van der Waals surface area contributed by atoms with Crippen LogP contribution in [0.3, 0.4) is 0 Å².